The number of hydrogen-bond donors (Lipinski definition) is 1. The van der Waals surface area contributed by atoms with Crippen LogP contribution in [-0.2, 0) is 4.74 Å². The van der Waals surface area contributed by atoms with Crippen LogP contribution in [0.25, 0.3) is 0 Å². The van der Waals surface area contributed by atoms with Gasteiger partial charge in [-0.1, -0.05) is 20.8 Å². The van der Waals surface area contributed by atoms with Gasteiger partial charge in [0.15, 0.2) is 0 Å². The highest BCUT2D eigenvalue weighted by Crippen LogP contribution is 2.30. The van der Waals surface area contributed by atoms with Crippen molar-refractivity contribution in [2.24, 2.45) is 5.41 Å². The van der Waals surface area contributed by atoms with E-state index in [9.17, 15) is 4.79 Å². The summed E-state index contributed by atoms with van der Waals surface area (Å²) in [4.78, 5) is 13.9. The third kappa shape index (κ3) is 3.40. The number of carbonyl (C=O) groups is 1. The second kappa shape index (κ2) is 5.51. The highest BCUT2D eigenvalue weighted by molar-refractivity contribution is 5.97. The number of nitrogens with zero attached hydrogens (tertiary/aromatic N) is 1. The zero-order valence-corrected chi connectivity index (χ0v) is 12.7. The predicted molar refractivity (Wildman–Crippen MR) is 79.5 cm³/mol. The Morgan fingerprint density at radius 2 is 1.95 bits per heavy atom. The normalized spacial score (nSPS) is 12.9. The number of carbonyl (C=O) groups excluding carboxylic acids is 1. The molecular formula is C15H24N2O2. The van der Waals surface area contributed by atoms with Gasteiger partial charge in [-0.3, -0.25) is 0 Å². The monoisotopic (exact) mass is 264 g/mol. The van der Waals surface area contributed by atoms with Crippen LogP contribution in [0.1, 0.15) is 38.1 Å². The van der Waals surface area contributed by atoms with Gasteiger partial charge in [0, 0.05) is 18.8 Å². The topological polar surface area (TPSA) is 55.6 Å². The first-order valence-electron chi connectivity index (χ1n) is 6.39. The van der Waals surface area contributed by atoms with Gasteiger partial charge in [0.2, 0.25) is 0 Å². The summed E-state index contributed by atoms with van der Waals surface area (Å²) in [6.07, 6.45) is 0. The van der Waals surface area contributed by atoms with Crippen molar-refractivity contribution < 1.29 is 9.53 Å². The van der Waals surface area contributed by atoms with E-state index in [0.29, 0.717) is 11.3 Å². The van der Waals surface area contributed by atoms with E-state index in [4.69, 9.17) is 10.5 Å². The maximum absolute atomic E-state index is 11.9. The number of methoxy groups -OCH3 is 1. The van der Waals surface area contributed by atoms with E-state index in [0.717, 1.165) is 5.69 Å². The van der Waals surface area contributed by atoms with Crippen LogP contribution in [0.4, 0.5) is 11.4 Å². The fourth-order valence-electron chi connectivity index (χ4n) is 1.92. The minimum absolute atomic E-state index is 0.101. The van der Waals surface area contributed by atoms with Gasteiger partial charge in [-0.05, 0) is 30.5 Å². The number of benzene rings is 1. The summed E-state index contributed by atoms with van der Waals surface area (Å²) in [6, 6.07) is 5.59. The first-order chi connectivity index (χ1) is 8.68. The lowest BCUT2D eigenvalue weighted by Gasteiger charge is -2.37. The third-order valence-corrected chi connectivity index (χ3v) is 3.64. The standard InChI is InChI=1S/C15H24N2O2/c1-10(15(2,3)4)17(5)13-8-7-11(16)9-12(13)14(18)19-6/h7-10H,16H2,1-6H3. The number of anilines is 2. The molecule has 4 heteroatoms. The Bertz CT molecular complexity index is 464. The zero-order valence-electron chi connectivity index (χ0n) is 12.7. The number of esters is 1. The summed E-state index contributed by atoms with van der Waals surface area (Å²) in [5.74, 6) is -0.366. The smallest absolute Gasteiger partial charge is 0.340 e. The van der Waals surface area contributed by atoms with Crippen molar-refractivity contribution in [1.29, 1.82) is 0 Å². The van der Waals surface area contributed by atoms with Crippen molar-refractivity contribution in [2.75, 3.05) is 24.8 Å². The van der Waals surface area contributed by atoms with Crippen molar-refractivity contribution >= 4 is 17.3 Å². The molecule has 1 rings (SSSR count). The summed E-state index contributed by atoms with van der Waals surface area (Å²) in [5.41, 5.74) is 7.75. The molecule has 0 radical (unpaired) electrons. The van der Waals surface area contributed by atoms with E-state index in [-0.39, 0.29) is 17.4 Å². The average Bonchev–Trinajstić information content (AvgIpc) is 2.34. The van der Waals surface area contributed by atoms with Gasteiger partial charge in [-0.25, -0.2) is 4.79 Å². The maximum atomic E-state index is 11.9. The van der Waals surface area contributed by atoms with E-state index in [1.165, 1.54) is 7.11 Å². The lowest BCUT2D eigenvalue weighted by molar-refractivity contribution is 0.0601. The van der Waals surface area contributed by atoms with E-state index < -0.39 is 0 Å². The summed E-state index contributed by atoms with van der Waals surface area (Å²) in [5, 5.41) is 0. The van der Waals surface area contributed by atoms with Crippen molar-refractivity contribution in [3.63, 3.8) is 0 Å². The molecule has 0 fully saturated rings. The molecule has 1 aromatic carbocycles. The number of ether oxygens (including phenoxy) is 1. The molecule has 0 amide bonds. The van der Waals surface area contributed by atoms with Crippen LogP contribution in [0.15, 0.2) is 18.2 Å². The number of nitrogen functional groups attached to an aromatic ring is 1. The molecule has 0 heterocycles. The minimum Gasteiger partial charge on any atom is -0.465 e. The molecule has 0 saturated heterocycles. The first kappa shape index (κ1) is 15.3. The summed E-state index contributed by atoms with van der Waals surface area (Å²) >= 11 is 0. The summed E-state index contributed by atoms with van der Waals surface area (Å²) in [6.45, 7) is 8.65. The Balaban J connectivity index is 3.23. The molecule has 0 bridgehead atoms. The molecule has 4 nitrogen and oxygen atoms in total. The van der Waals surface area contributed by atoms with Gasteiger partial charge in [-0.15, -0.1) is 0 Å². The fourth-order valence-corrected chi connectivity index (χ4v) is 1.92. The molecule has 0 spiro atoms. The Morgan fingerprint density at radius 3 is 2.42 bits per heavy atom. The second-order valence-electron chi connectivity index (χ2n) is 5.92. The third-order valence-electron chi connectivity index (χ3n) is 3.64. The van der Waals surface area contributed by atoms with Crippen molar-refractivity contribution in [3.05, 3.63) is 23.8 Å². The van der Waals surface area contributed by atoms with Gasteiger partial charge in [0.25, 0.3) is 0 Å². The molecule has 1 atom stereocenters. The quantitative estimate of drug-likeness (QED) is 0.673. The lowest BCUT2D eigenvalue weighted by atomic mass is 9.86. The molecule has 0 saturated carbocycles. The van der Waals surface area contributed by atoms with Gasteiger partial charge >= 0.3 is 5.97 Å². The number of nitrogens with two attached hydrogens (primary N) is 1. The van der Waals surface area contributed by atoms with Crippen LogP contribution >= 0.6 is 0 Å². The molecule has 2 N–H and O–H groups in total. The predicted octanol–water partition coefficient (Wildman–Crippen LogP) is 2.93. The van der Waals surface area contributed by atoms with Crippen LogP contribution in [0.3, 0.4) is 0 Å². The van der Waals surface area contributed by atoms with Gasteiger partial charge in [0.05, 0.1) is 18.4 Å². The van der Waals surface area contributed by atoms with E-state index >= 15 is 0 Å². The van der Waals surface area contributed by atoms with Crippen LogP contribution in [0.5, 0.6) is 0 Å². The molecule has 1 aromatic rings. The first-order valence-corrected chi connectivity index (χ1v) is 6.39. The minimum atomic E-state index is -0.366. The molecule has 1 unspecified atom stereocenters. The molecular weight excluding hydrogens is 240 g/mol. The van der Waals surface area contributed by atoms with Crippen LogP contribution in [0, 0.1) is 5.41 Å². The summed E-state index contributed by atoms with van der Waals surface area (Å²) in [7, 11) is 3.36. The highest BCUT2D eigenvalue weighted by Gasteiger charge is 2.26. The molecule has 0 aliphatic carbocycles. The van der Waals surface area contributed by atoms with Crippen LogP contribution < -0.4 is 10.6 Å². The molecule has 0 aliphatic rings. The van der Waals surface area contributed by atoms with Crippen LogP contribution in [0.2, 0.25) is 0 Å². The van der Waals surface area contributed by atoms with Crippen molar-refractivity contribution in [2.45, 2.75) is 33.7 Å². The van der Waals surface area contributed by atoms with Crippen molar-refractivity contribution in [3.8, 4) is 0 Å². The lowest BCUT2D eigenvalue weighted by Crippen LogP contribution is -2.40. The Kier molecular flexibility index (Phi) is 4.45. The van der Waals surface area contributed by atoms with E-state index in [1.54, 1.807) is 12.1 Å². The molecule has 0 aliphatic heterocycles. The largest absolute Gasteiger partial charge is 0.465 e. The second-order valence-corrected chi connectivity index (χ2v) is 5.92. The molecule has 0 aromatic heterocycles. The van der Waals surface area contributed by atoms with E-state index in [2.05, 4.69) is 32.6 Å². The SMILES string of the molecule is COC(=O)c1cc(N)ccc1N(C)C(C)C(C)(C)C. The van der Waals surface area contributed by atoms with Gasteiger partial charge < -0.3 is 15.4 Å². The number of hydrogen-bond acceptors (Lipinski definition) is 4. The fraction of sp³-hybridized carbons (Fsp3) is 0.533. The highest BCUT2D eigenvalue weighted by atomic mass is 16.5. The molecule has 19 heavy (non-hydrogen) atoms. The van der Waals surface area contributed by atoms with Gasteiger partial charge in [-0.2, -0.15) is 0 Å². The maximum Gasteiger partial charge on any atom is 0.340 e. The van der Waals surface area contributed by atoms with Gasteiger partial charge in [0.1, 0.15) is 0 Å². The number of rotatable bonds is 3. The Hall–Kier alpha value is -1.71. The average molecular weight is 264 g/mol. The van der Waals surface area contributed by atoms with E-state index in [1.807, 2.05) is 13.1 Å². The Morgan fingerprint density at radius 1 is 1.37 bits per heavy atom. The van der Waals surface area contributed by atoms with Crippen LogP contribution in [-0.4, -0.2) is 26.2 Å². The Labute approximate surface area is 115 Å². The molecule has 106 valence electrons. The van der Waals surface area contributed by atoms with Crippen molar-refractivity contribution in [1.82, 2.24) is 0 Å². The summed E-state index contributed by atoms with van der Waals surface area (Å²) < 4.78 is 4.83. The zero-order chi connectivity index (χ0) is 14.8.